The van der Waals surface area contributed by atoms with Crippen LogP contribution < -0.4 is 19.5 Å². The average molecular weight is 352 g/mol. The van der Waals surface area contributed by atoms with Gasteiger partial charge in [0.05, 0.1) is 27.4 Å². The van der Waals surface area contributed by atoms with Crippen LogP contribution in [-0.4, -0.2) is 65.5 Å². The summed E-state index contributed by atoms with van der Waals surface area (Å²) < 4.78 is 21.7. The zero-order valence-electron chi connectivity index (χ0n) is 15.6. The number of benzene rings is 1. The van der Waals surface area contributed by atoms with Crippen molar-refractivity contribution in [1.29, 1.82) is 0 Å². The molecular formula is C18H28N2O5. The molecule has 7 nitrogen and oxygen atoms in total. The number of likely N-dealkylation sites (N-methyl/N-ethyl adjacent to an activating group) is 1. The Kier molecular flexibility index (Phi) is 6.90. The summed E-state index contributed by atoms with van der Waals surface area (Å²) in [7, 11) is 8.68. The lowest BCUT2D eigenvalue weighted by Crippen LogP contribution is -2.39. The molecule has 1 aromatic carbocycles. The van der Waals surface area contributed by atoms with E-state index in [0.29, 0.717) is 30.4 Å². The molecule has 1 N–H and O–H groups in total. The minimum absolute atomic E-state index is 0.0425. The van der Waals surface area contributed by atoms with E-state index in [1.807, 2.05) is 31.1 Å². The molecule has 1 aromatic rings. The third-order valence-electron chi connectivity index (χ3n) is 4.39. The monoisotopic (exact) mass is 352 g/mol. The highest BCUT2D eigenvalue weighted by atomic mass is 16.5. The van der Waals surface area contributed by atoms with Gasteiger partial charge in [-0.3, -0.25) is 4.79 Å². The van der Waals surface area contributed by atoms with E-state index in [-0.39, 0.29) is 18.1 Å². The van der Waals surface area contributed by atoms with E-state index in [4.69, 9.17) is 18.9 Å². The lowest BCUT2D eigenvalue weighted by molar-refractivity contribution is -0.130. The Morgan fingerprint density at radius 2 is 1.88 bits per heavy atom. The van der Waals surface area contributed by atoms with E-state index in [9.17, 15) is 4.79 Å². The van der Waals surface area contributed by atoms with Crippen LogP contribution >= 0.6 is 0 Å². The topological polar surface area (TPSA) is 69.3 Å². The van der Waals surface area contributed by atoms with Gasteiger partial charge in [-0.05, 0) is 44.6 Å². The van der Waals surface area contributed by atoms with Crippen LogP contribution in [0.1, 0.15) is 24.4 Å². The van der Waals surface area contributed by atoms with Crippen molar-refractivity contribution in [1.82, 2.24) is 10.2 Å². The van der Waals surface area contributed by atoms with Crippen LogP contribution in [0.2, 0.25) is 0 Å². The molecule has 1 saturated heterocycles. The molecule has 140 valence electrons. The first-order valence-electron chi connectivity index (χ1n) is 8.37. The first-order chi connectivity index (χ1) is 12.0. The van der Waals surface area contributed by atoms with Gasteiger partial charge in [0.1, 0.15) is 6.10 Å². The van der Waals surface area contributed by atoms with E-state index < -0.39 is 0 Å². The molecule has 2 atom stereocenters. The van der Waals surface area contributed by atoms with Crippen LogP contribution in [0.4, 0.5) is 0 Å². The van der Waals surface area contributed by atoms with Crippen molar-refractivity contribution in [3.05, 3.63) is 17.7 Å². The van der Waals surface area contributed by atoms with Crippen LogP contribution in [-0.2, 0) is 9.53 Å². The second kappa shape index (κ2) is 8.92. The third kappa shape index (κ3) is 4.55. The van der Waals surface area contributed by atoms with Gasteiger partial charge in [-0.25, -0.2) is 0 Å². The first kappa shape index (κ1) is 19.3. The zero-order chi connectivity index (χ0) is 18.4. The minimum atomic E-state index is -0.331. The predicted molar refractivity (Wildman–Crippen MR) is 94.5 cm³/mol. The summed E-state index contributed by atoms with van der Waals surface area (Å²) in [6.07, 6.45) is 1.38. The van der Waals surface area contributed by atoms with Gasteiger partial charge in [0.25, 0.3) is 0 Å². The Balaban J connectivity index is 2.19. The standard InChI is InChI=1S/C18H28N2O5/c1-20(2)13(11-19-18(21)14-7-6-8-25-14)12-9-15(22-3)17(24-5)16(10-12)23-4/h9-10,13-14H,6-8,11H2,1-5H3,(H,19,21). The number of nitrogens with one attached hydrogen (secondary N) is 1. The molecule has 0 spiro atoms. The molecule has 1 aliphatic rings. The van der Waals surface area contributed by atoms with Crippen molar-refractivity contribution >= 4 is 5.91 Å². The van der Waals surface area contributed by atoms with Gasteiger partial charge in [0, 0.05) is 13.2 Å². The van der Waals surface area contributed by atoms with E-state index in [1.54, 1.807) is 21.3 Å². The highest BCUT2D eigenvalue weighted by Gasteiger charge is 2.26. The average Bonchev–Trinajstić information content (AvgIpc) is 3.15. The van der Waals surface area contributed by atoms with Gasteiger partial charge in [0.15, 0.2) is 11.5 Å². The van der Waals surface area contributed by atoms with E-state index >= 15 is 0 Å². The van der Waals surface area contributed by atoms with Gasteiger partial charge >= 0.3 is 0 Å². The molecule has 1 aliphatic heterocycles. The van der Waals surface area contributed by atoms with Gasteiger partial charge in [-0.15, -0.1) is 0 Å². The molecule has 0 aliphatic carbocycles. The Morgan fingerprint density at radius 1 is 1.24 bits per heavy atom. The predicted octanol–water partition coefficient (Wildman–Crippen LogP) is 1.61. The fourth-order valence-electron chi connectivity index (χ4n) is 2.99. The Labute approximate surface area is 149 Å². The second-order valence-electron chi connectivity index (χ2n) is 6.18. The van der Waals surface area contributed by atoms with Gasteiger partial charge in [0.2, 0.25) is 11.7 Å². The van der Waals surface area contributed by atoms with Crippen molar-refractivity contribution in [2.24, 2.45) is 0 Å². The van der Waals surface area contributed by atoms with Crippen molar-refractivity contribution in [2.75, 3.05) is 48.6 Å². The summed E-state index contributed by atoms with van der Waals surface area (Å²) >= 11 is 0. The number of rotatable bonds is 8. The number of carbonyl (C=O) groups is 1. The normalized spacial score (nSPS) is 18.1. The van der Waals surface area contributed by atoms with Gasteiger partial charge in [-0.2, -0.15) is 0 Å². The van der Waals surface area contributed by atoms with Crippen molar-refractivity contribution in [3.63, 3.8) is 0 Å². The highest BCUT2D eigenvalue weighted by molar-refractivity contribution is 5.81. The fourth-order valence-corrected chi connectivity index (χ4v) is 2.99. The third-order valence-corrected chi connectivity index (χ3v) is 4.39. The minimum Gasteiger partial charge on any atom is -0.493 e. The molecule has 2 rings (SSSR count). The Bertz CT molecular complexity index is 560. The summed E-state index contributed by atoms with van der Waals surface area (Å²) in [4.78, 5) is 14.3. The maximum absolute atomic E-state index is 12.2. The molecule has 1 heterocycles. The molecule has 1 fully saturated rings. The molecule has 25 heavy (non-hydrogen) atoms. The van der Waals surface area contributed by atoms with Crippen LogP contribution in [0, 0.1) is 0 Å². The summed E-state index contributed by atoms with van der Waals surface area (Å²) in [6, 6.07) is 3.77. The quantitative estimate of drug-likeness (QED) is 0.767. The Hall–Kier alpha value is -1.99. The molecular weight excluding hydrogens is 324 g/mol. The lowest BCUT2D eigenvalue weighted by Gasteiger charge is -2.27. The summed E-state index contributed by atoms with van der Waals surface area (Å²) in [5.41, 5.74) is 0.965. The lowest BCUT2D eigenvalue weighted by atomic mass is 10.0. The number of nitrogens with zero attached hydrogens (tertiary/aromatic N) is 1. The van der Waals surface area contributed by atoms with Crippen LogP contribution in [0.15, 0.2) is 12.1 Å². The number of methoxy groups -OCH3 is 3. The van der Waals surface area contributed by atoms with Crippen molar-refractivity contribution in [2.45, 2.75) is 25.0 Å². The maximum atomic E-state index is 12.2. The first-order valence-corrected chi connectivity index (χ1v) is 8.37. The maximum Gasteiger partial charge on any atom is 0.249 e. The van der Waals surface area contributed by atoms with Crippen LogP contribution in [0.3, 0.4) is 0 Å². The smallest absolute Gasteiger partial charge is 0.249 e. The number of hydrogen-bond acceptors (Lipinski definition) is 6. The molecule has 0 radical (unpaired) electrons. The summed E-state index contributed by atoms with van der Waals surface area (Å²) in [5.74, 6) is 1.68. The summed E-state index contributed by atoms with van der Waals surface area (Å²) in [5, 5.41) is 2.99. The zero-order valence-corrected chi connectivity index (χ0v) is 15.6. The molecule has 1 amide bonds. The Morgan fingerprint density at radius 3 is 2.32 bits per heavy atom. The SMILES string of the molecule is COc1cc(C(CNC(=O)C2CCCO2)N(C)C)cc(OC)c1OC. The fraction of sp³-hybridized carbons (Fsp3) is 0.611. The number of carbonyl (C=O) groups excluding carboxylic acids is 1. The number of hydrogen-bond donors (Lipinski definition) is 1. The van der Waals surface area contributed by atoms with E-state index in [0.717, 1.165) is 18.4 Å². The van der Waals surface area contributed by atoms with Gasteiger partial charge < -0.3 is 29.2 Å². The van der Waals surface area contributed by atoms with Crippen LogP contribution in [0.25, 0.3) is 0 Å². The van der Waals surface area contributed by atoms with E-state index in [1.165, 1.54) is 0 Å². The van der Waals surface area contributed by atoms with Crippen molar-refractivity contribution in [3.8, 4) is 17.2 Å². The van der Waals surface area contributed by atoms with Crippen molar-refractivity contribution < 1.29 is 23.7 Å². The van der Waals surface area contributed by atoms with E-state index in [2.05, 4.69) is 5.32 Å². The molecule has 0 aromatic heterocycles. The highest BCUT2D eigenvalue weighted by Crippen LogP contribution is 2.40. The molecule has 2 unspecified atom stereocenters. The molecule has 7 heteroatoms. The number of ether oxygens (including phenoxy) is 4. The molecule has 0 saturated carbocycles. The molecule has 0 bridgehead atoms. The summed E-state index contributed by atoms with van der Waals surface area (Å²) in [6.45, 7) is 1.12. The largest absolute Gasteiger partial charge is 0.493 e. The van der Waals surface area contributed by atoms with Crippen LogP contribution in [0.5, 0.6) is 17.2 Å². The number of amides is 1. The second-order valence-corrected chi connectivity index (χ2v) is 6.18. The van der Waals surface area contributed by atoms with Gasteiger partial charge in [-0.1, -0.05) is 0 Å².